The number of nitrogen functional groups attached to an aromatic ring is 1. The topological polar surface area (TPSA) is 43.1 Å². The third kappa shape index (κ3) is 3.33. The van der Waals surface area contributed by atoms with E-state index in [1.54, 1.807) is 24.3 Å². The van der Waals surface area contributed by atoms with E-state index >= 15 is 0 Å². The van der Waals surface area contributed by atoms with Crippen molar-refractivity contribution < 1.29 is 8.60 Å². The van der Waals surface area contributed by atoms with E-state index in [1.807, 2.05) is 13.0 Å². The van der Waals surface area contributed by atoms with Gasteiger partial charge in [0.25, 0.3) is 0 Å². The van der Waals surface area contributed by atoms with Gasteiger partial charge in [-0.3, -0.25) is 4.21 Å². The average molecular weight is 298 g/mol. The Balaban J connectivity index is 2.28. The van der Waals surface area contributed by atoms with Crippen LogP contribution in [-0.4, -0.2) is 4.21 Å². The summed E-state index contributed by atoms with van der Waals surface area (Å²) in [6.45, 7) is 1.89. The smallest absolute Gasteiger partial charge is 0.128 e. The highest BCUT2D eigenvalue weighted by atomic mass is 35.5. The second-order valence-electron chi connectivity index (χ2n) is 4.27. The zero-order valence-corrected chi connectivity index (χ0v) is 11.9. The van der Waals surface area contributed by atoms with Crippen molar-refractivity contribution >= 4 is 28.1 Å². The van der Waals surface area contributed by atoms with E-state index in [4.69, 9.17) is 17.3 Å². The second kappa shape index (κ2) is 5.72. The normalized spacial score (nSPS) is 12.4. The lowest BCUT2D eigenvalue weighted by Crippen LogP contribution is -2.03. The predicted molar refractivity (Wildman–Crippen MR) is 77.1 cm³/mol. The molecule has 1 atom stereocenters. The lowest BCUT2D eigenvalue weighted by atomic mass is 10.2. The summed E-state index contributed by atoms with van der Waals surface area (Å²) >= 11 is 5.68. The number of benzene rings is 2. The van der Waals surface area contributed by atoms with Gasteiger partial charge < -0.3 is 5.73 Å². The van der Waals surface area contributed by atoms with Crippen LogP contribution in [0.15, 0.2) is 41.3 Å². The van der Waals surface area contributed by atoms with Gasteiger partial charge >= 0.3 is 0 Å². The molecule has 1 unspecified atom stereocenters. The molecule has 0 aliphatic rings. The Labute approximate surface area is 118 Å². The Morgan fingerprint density at radius 1 is 1.26 bits per heavy atom. The fraction of sp³-hybridized carbons (Fsp3) is 0.143. The summed E-state index contributed by atoms with van der Waals surface area (Å²) in [6.07, 6.45) is 0. The molecule has 2 aromatic carbocycles. The van der Waals surface area contributed by atoms with Gasteiger partial charge in [0, 0.05) is 16.3 Å². The molecule has 0 saturated carbocycles. The van der Waals surface area contributed by atoms with Crippen LogP contribution in [0.3, 0.4) is 0 Å². The number of nitrogens with two attached hydrogens (primary N) is 1. The van der Waals surface area contributed by atoms with E-state index in [0.29, 0.717) is 21.2 Å². The molecule has 0 spiro atoms. The Morgan fingerprint density at radius 3 is 2.68 bits per heavy atom. The molecule has 0 heterocycles. The third-order valence-corrected chi connectivity index (χ3v) is 4.37. The van der Waals surface area contributed by atoms with Gasteiger partial charge in [-0.1, -0.05) is 23.7 Å². The number of hydrogen-bond acceptors (Lipinski definition) is 2. The number of rotatable bonds is 3. The molecule has 0 radical (unpaired) electrons. The SMILES string of the molecule is Cc1ccc(N)c(S(=O)Cc2ccc(Cl)cc2F)c1. The van der Waals surface area contributed by atoms with Gasteiger partial charge in [-0.05, 0) is 36.8 Å². The summed E-state index contributed by atoms with van der Waals surface area (Å²) in [5.74, 6) is -0.372. The van der Waals surface area contributed by atoms with Gasteiger partial charge in [0.15, 0.2) is 0 Å². The van der Waals surface area contributed by atoms with Gasteiger partial charge in [0.1, 0.15) is 5.82 Å². The number of aryl methyl sites for hydroxylation is 1. The predicted octanol–water partition coefficient (Wildman–Crippen LogP) is 3.68. The number of hydrogen-bond donors (Lipinski definition) is 1. The molecule has 0 aliphatic heterocycles. The zero-order valence-electron chi connectivity index (χ0n) is 10.3. The summed E-state index contributed by atoms with van der Waals surface area (Å²) in [5, 5.41) is 0.321. The van der Waals surface area contributed by atoms with Crippen molar-refractivity contribution in [3.8, 4) is 0 Å². The Bertz CT molecular complexity index is 645. The Kier molecular flexibility index (Phi) is 4.22. The van der Waals surface area contributed by atoms with Crippen LogP contribution in [0, 0.1) is 12.7 Å². The van der Waals surface area contributed by atoms with Crippen LogP contribution < -0.4 is 5.73 Å². The molecule has 2 N–H and O–H groups in total. The second-order valence-corrected chi connectivity index (χ2v) is 6.12. The van der Waals surface area contributed by atoms with Crippen molar-refractivity contribution in [3.63, 3.8) is 0 Å². The minimum absolute atomic E-state index is 0.0800. The Hall–Kier alpha value is -1.39. The summed E-state index contributed by atoms with van der Waals surface area (Å²) in [4.78, 5) is 0.536. The molecular formula is C14H13ClFNOS. The van der Waals surface area contributed by atoms with Crippen LogP contribution in [-0.2, 0) is 16.6 Å². The van der Waals surface area contributed by atoms with Crippen LogP contribution in [0.2, 0.25) is 5.02 Å². The maximum Gasteiger partial charge on any atom is 0.128 e. The van der Waals surface area contributed by atoms with Gasteiger partial charge in [0.05, 0.1) is 21.4 Å². The van der Waals surface area contributed by atoms with E-state index in [0.717, 1.165) is 5.56 Å². The fourth-order valence-corrected chi connectivity index (χ4v) is 3.18. The van der Waals surface area contributed by atoms with Crippen LogP contribution in [0.1, 0.15) is 11.1 Å². The summed E-state index contributed by atoms with van der Waals surface area (Å²) in [6, 6.07) is 9.66. The average Bonchev–Trinajstić information content (AvgIpc) is 2.35. The van der Waals surface area contributed by atoms with Crippen LogP contribution in [0.5, 0.6) is 0 Å². The van der Waals surface area contributed by atoms with E-state index in [-0.39, 0.29) is 5.75 Å². The first-order valence-electron chi connectivity index (χ1n) is 5.66. The number of anilines is 1. The molecule has 2 aromatic rings. The van der Waals surface area contributed by atoms with Crippen molar-refractivity contribution in [1.82, 2.24) is 0 Å². The van der Waals surface area contributed by atoms with E-state index < -0.39 is 16.6 Å². The molecule has 100 valence electrons. The highest BCUT2D eigenvalue weighted by molar-refractivity contribution is 7.84. The quantitative estimate of drug-likeness (QED) is 0.878. The minimum atomic E-state index is -1.38. The van der Waals surface area contributed by atoms with E-state index in [1.165, 1.54) is 6.07 Å². The standard InChI is InChI=1S/C14H13ClFNOS/c1-9-2-5-13(17)14(6-9)19(18)8-10-3-4-11(15)7-12(10)16/h2-7H,8,17H2,1H3. The lowest BCUT2D eigenvalue weighted by Gasteiger charge is -2.08. The first-order chi connectivity index (χ1) is 8.97. The lowest BCUT2D eigenvalue weighted by molar-refractivity contribution is 0.615. The maximum atomic E-state index is 13.7. The molecule has 0 bridgehead atoms. The summed E-state index contributed by atoms with van der Waals surface area (Å²) in [7, 11) is -1.38. The first kappa shape index (κ1) is 14.0. The molecule has 0 aromatic heterocycles. The maximum absolute atomic E-state index is 13.7. The summed E-state index contributed by atoms with van der Waals surface area (Å²) < 4.78 is 25.9. The summed E-state index contributed by atoms with van der Waals surface area (Å²) in [5.41, 5.74) is 7.59. The van der Waals surface area contributed by atoms with Gasteiger partial charge in [-0.15, -0.1) is 0 Å². The zero-order chi connectivity index (χ0) is 14.0. The minimum Gasteiger partial charge on any atom is -0.398 e. The van der Waals surface area contributed by atoms with E-state index in [9.17, 15) is 8.60 Å². The van der Waals surface area contributed by atoms with Crippen molar-refractivity contribution in [1.29, 1.82) is 0 Å². The van der Waals surface area contributed by atoms with E-state index in [2.05, 4.69) is 0 Å². The highest BCUT2D eigenvalue weighted by Crippen LogP contribution is 2.22. The Morgan fingerprint density at radius 2 is 2.00 bits per heavy atom. The molecule has 0 fully saturated rings. The first-order valence-corrected chi connectivity index (χ1v) is 7.35. The van der Waals surface area contributed by atoms with Crippen molar-refractivity contribution in [2.24, 2.45) is 0 Å². The molecular weight excluding hydrogens is 285 g/mol. The van der Waals surface area contributed by atoms with Gasteiger partial charge in [0.2, 0.25) is 0 Å². The van der Waals surface area contributed by atoms with Crippen LogP contribution in [0.25, 0.3) is 0 Å². The van der Waals surface area contributed by atoms with Crippen molar-refractivity contribution in [3.05, 3.63) is 58.4 Å². The molecule has 19 heavy (non-hydrogen) atoms. The highest BCUT2D eigenvalue weighted by Gasteiger charge is 2.12. The number of halogens is 2. The van der Waals surface area contributed by atoms with Crippen molar-refractivity contribution in [2.45, 2.75) is 17.6 Å². The molecule has 0 amide bonds. The molecule has 0 aliphatic carbocycles. The molecule has 2 rings (SSSR count). The van der Waals surface area contributed by atoms with Crippen LogP contribution >= 0.6 is 11.6 Å². The monoisotopic (exact) mass is 297 g/mol. The third-order valence-electron chi connectivity index (χ3n) is 2.72. The fourth-order valence-electron chi connectivity index (χ4n) is 1.70. The van der Waals surface area contributed by atoms with Crippen LogP contribution in [0.4, 0.5) is 10.1 Å². The largest absolute Gasteiger partial charge is 0.398 e. The van der Waals surface area contributed by atoms with Gasteiger partial charge in [-0.2, -0.15) is 0 Å². The molecule has 0 saturated heterocycles. The molecule has 5 heteroatoms. The molecule has 2 nitrogen and oxygen atoms in total. The van der Waals surface area contributed by atoms with Crippen molar-refractivity contribution in [2.75, 3.05) is 5.73 Å². The van der Waals surface area contributed by atoms with Gasteiger partial charge in [-0.25, -0.2) is 4.39 Å².